The fraction of sp³-hybridized carbons (Fsp3) is 0.222. The van der Waals surface area contributed by atoms with Gasteiger partial charge in [0.15, 0.2) is 12.0 Å². The number of carbonyl (C=O) groups excluding carboxylic acids is 1. The highest BCUT2D eigenvalue weighted by molar-refractivity contribution is 5.70. The zero-order valence-corrected chi connectivity index (χ0v) is 8.08. The highest BCUT2D eigenvalue weighted by Crippen LogP contribution is 2.05. The Bertz CT molecular complexity index is 535. The molecule has 6 nitrogen and oxygen atoms in total. The van der Waals surface area contributed by atoms with Crippen LogP contribution < -0.4 is 5.69 Å². The first-order chi connectivity index (χ1) is 7.20. The zero-order chi connectivity index (χ0) is 10.8. The molecule has 0 aliphatic heterocycles. The van der Waals surface area contributed by atoms with Crippen LogP contribution in [0.15, 0.2) is 27.7 Å². The maximum atomic E-state index is 11.4. The Morgan fingerprint density at radius 2 is 2.33 bits per heavy atom. The van der Waals surface area contributed by atoms with E-state index in [1.807, 2.05) is 0 Å². The second kappa shape index (κ2) is 3.56. The van der Waals surface area contributed by atoms with Crippen molar-refractivity contribution in [2.75, 3.05) is 0 Å². The zero-order valence-electron chi connectivity index (χ0n) is 8.08. The normalized spacial score (nSPS) is 10.5. The molecule has 0 aliphatic rings. The first-order valence-corrected chi connectivity index (χ1v) is 4.33. The molecule has 0 unspecified atom stereocenters. The minimum atomic E-state index is -0.223. The van der Waals surface area contributed by atoms with Gasteiger partial charge in [-0.25, -0.2) is 9.48 Å². The van der Waals surface area contributed by atoms with E-state index in [2.05, 4.69) is 5.10 Å². The number of aldehydes is 1. The summed E-state index contributed by atoms with van der Waals surface area (Å²) in [7, 11) is 1.62. The summed E-state index contributed by atoms with van der Waals surface area (Å²) in [6.45, 7) is 0.230. The molecule has 0 atom stereocenters. The molecule has 2 aromatic rings. The van der Waals surface area contributed by atoms with Crippen LogP contribution in [-0.2, 0) is 13.6 Å². The smallest absolute Gasteiger partial charge is 0.345 e. The summed E-state index contributed by atoms with van der Waals surface area (Å²) in [6, 6.07) is 3.20. The Morgan fingerprint density at radius 3 is 2.87 bits per heavy atom. The van der Waals surface area contributed by atoms with Gasteiger partial charge >= 0.3 is 5.69 Å². The second-order valence-corrected chi connectivity index (χ2v) is 3.10. The van der Waals surface area contributed by atoms with Gasteiger partial charge in [0.05, 0.1) is 0 Å². The number of hydrogen-bond donors (Lipinski definition) is 0. The molecule has 0 saturated carbocycles. The second-order valence-electron chi connectivity index (χ2n) is 3.10. The lowest BCUT2D eigenvalue weighted by Gasteiger charge is -1.94. The van der Waals surface area contributed by atoms with E-state index in [4.69, 9.17) is 4.42 Å². The van der Waals surface area contributed by atoms with Crippen LogP contribution in [0.4, 0.5) is 0 Å². The van der Waals surface area contributed by atoms with Crippen molar-refractivity contribution in [1.29, 1.82) is 0 Å². The largest absolute Gasteiger partial charge is 0.456 e. The van der Waals surface area contributed by atoms with Gasteiger partial charge in [-0.3, -0.25) is 9.36 Å². The van der Waals surface area contributed by atoms with E-state index in [9.17, 15) is 9.59 Å². The molecule has 0 saturated heterocycles. The maximum Gasteiger partial charge on any atom is 0.345 e. The summed E-state index contributed by atoms with van der Waals surface area (Å²) in [5.74, 6) is 0.770. The highest BCUT2D eigenvalue weighted by Gasteiger charge is 2.06. The van der Waals surface area contributed by atoms with Gasteiger partial charge in [-0.15, -0.1) is 0 Å². The third-order valence-electron chi connectivity index (χ3n) is 1.99. The SMILES string of the molecule is Cn1cnn(Cc2ccc(C=O)o2)c1=O. The van der Waals surface area contributed by atoms with Gasteiger partial charge in [0.1, 0.15) is 18.6 Å². The predicted molar refractivity (Wildman–Crippen MR) is 50.7 cm³/mol. The minimum absolute atomic E-state index is 0.223. The van der Waals surface area contributed by atoms with E-state index >= 15 is 0 Å². The molecule has 0 spiro atoms. The number of aryl methyl sites for hydroxylation is 1. The summed E-state index contributed by atoms with van der Waals surface area (Å²) < 4.78 is 7.75. The fourth-order valence-electron chi connectivity index (χ4n) is 1.22. The first-order valence-electron chi connectivity index (χ1n) is 4.33. The topological polar surface area (TPSA) is 70.0 Å². The van der Waals surface area contributed by atoms with E-state index in [1.54, 1.807) is 19.2 Å². The van der Waals surface area contributed by atoms with Crippen molar-refractivity contribution in [2.24, 2.45) is 7.05 Å². The lowest BCUT2D eigenvalue weighted by Crippen LogP contribution is -2.23. The minimum Gasteiger partial charge on any atom is -0.456 e. The summed E-state index contributed by atoms with van der Waals surface area (Å²) in [5.41, 5.74) is -0.223. The van der Waals surface area contributed by atoms with Gasteiger partial charge in [-0.2, -0.15) is 5.10 Å². The quantitative estimate of drug-likeness (QED) is 0.666. The van der Waals surface area contributed by atoms with Crippen LogP contribution >= 0.6 is 0 Å². The van der Waals surface area contributed by atoms with Crippen molar-refractivity contribution in [2.45, 2.75) is 6.54 Å². The molecule has 0 fully saturated rings. The van der Waals surface area contributed by atoms with Crippen molar-refractivity contribution in [3.63, 3.8) is 0 Å². The molecule has 0 N–H and O–H groups in total. The standard InChI is InChI=1S/C9H9N3O3/c1-11-6-10-12(9(11)14)4-7-2-3-8(5-13)15-7/h2-3,5-6H,4H2,1H3. The van der Waals surface area contributed by atoms with E-state index in [0.717, 1.165) is 0 Å². The van der Waals surface area contributed by atoms with Gasteiger partial charge in [0, 0.05) is 7.05 Å². The van der Waals surface area contributed by atoms with E-state index < -0.39 is 0 Å². The maximum absolute atomic E-state index is 11.4. The molecule has 0 amide bonds. The number of nitrogens with zero attached hydrogens (tertiary/aromatic N) is 3. The van der Waals surface area contributed by atoms with Crippen LogP contribution in [0.5, 0.6) is 0 Å². The fourth-order valence-corrected chi connectivity index (χ4v) is 1.22. The molecule has 6 heteroatoms. The van der Waals surface area contributed by atoms with Gasteiger partial charge in [0.25, 0.3) is 0 Å². The average Bonchev–Trinajstić information content (AvgIpc) is 2.80. The van der Waals surface area contributed by atoms with Crippen molar-refractivity contribution in [3.05, 3.63) is 40.5 Å². The molecular formula is C9H9N3O3. The van der Waals surface area contributed by atoms with Crippen LogP contribution in [-0.4, -0.2) is 20.6 Å². The van der Waals surface area contributed by atoms with E-state index in [-0.39, 0.29) is 18.0 Å². The molecule has 15 heavy (non-hydrogen) atoms. The van der Waals surface area contributed by atoms with Gasteiger partial charge < -0.3 is 4.42 Å². The number of rotatable bonds is 3. The van der Waals surface area contributed by atoms with Gasteiger partial charge in [-0.05, 0) is 12.1 Å². The Hall–Kier alpha value is -2.11. The Morgan fingerprint density at radius 1 is 1.53 bits per heavy atom. The van der Waals surface area contributed by atoms with Crippen LogP contribution in [0, 0.1) is 0 Å². The number of carbonyl (C=O) groups is 1. The Kier molecular flexibility index (Phi) is 2.24. The summed E-state index contributed by atoms with van der Waals surface area (Å²) in [6.07, 6.45) is 2.04. The van der Waals surface area contributed by atoms with E-state index in [1.165, 1.54) is 15.6 Å². The lowest BCUT2D eigenvalue weighted by molar-refractivity contribution is 0.109. The third kappa shape index (κ3) is 1.74. The number of hydrogen-bond acceptors (Lipinski definition) is 4. The molecule has 0 aliphatic carbocycles. The summed E-state index contributed by atoms with van der Waals surface area (Å²) >= 11 is 0. The van der Waals surface area contributed by atoms with Crippen LogP contribution in [0.3, 0.4) is 0 Å². The van der Waals surface area contributed by atoms with Crippen LogP contribution in [0.25, 0.3) is 0 Å². The monoisotopic (exact) mass is 207 g/mol. The lowest BCUT2D eigenvalue weighted by atomic mass is 10.4. The summed E-state index contributed by atoms with van der Waals surface area (Å²) in [4.78, 5) is 21.8. The Balaban J connectivity index is 2.25. The molecule has 78 valence electrons. The van der Waals surface area contributed by atoms with Crippen molar-refractivity contribution in [1.82, 2.24) is 14.3 Å². The summed E-state index contributed by atoms with van der Waals surface area (Å²) in [5, 5.41) is 3.86. The number of furan rings is 1. The third-order valence-corrected chi connectivity index (χ3v) is 1.99. The molecule has 2 heterocycles. The van der Waals surface area contributed by atoms with E-state index in [0.29, 0.717) is 12.0 Å². The van der Waals surface area contributed by atoms with Gasteiger partial charge in [-0.1, -0.05) is 0 Å². The molecule has 0 aromatic carbocycles. The van der Waals surface area contributed by atoms with Crippen molar-refractivity contribution < 1.29 is 9.21 Å². The van der Waals surface area contributed by atoms with Crippen molar-refractivity contribution >= 4 is 6.29 Å². The number of aromatic nitrogens is 3. The molecular weight excluding hydrogens is 198 g/mol. The van der Waals surface area contributed by atoms with Crippen LogP contribution in [0.1, 0.15) is 16.3 Å². The van der Waals surface area contributed by atoms with Gasteiger partial charge in [0.2, 0.25) is 0 Å². The highest BCUT2D eigenvalue weighted by atomic mass is 16.3. The van der Waals surface area contributed by atoms with Crippen molar-refractivity contribution in [3.8, 4) is 0 Å². The average molecular weight is 207 g/mol. The Labute approximate surface area is 84.7 Å². The predicted octanol–water partition coefficient (Wildman–Crippen LogP) is 0.0356. The van der Waals surface area contributed by atoms with Crippen LogP contribution in [0.2, 0.25) is 0 Å². The molecule has 0 bridgehead atoms. The molecule has 2 aromatic heterocycles. The molecule has 2 rings (SSSR count). The molecule has 0 radical (unpaired) electrons. The first kappa shape index (κ1) is 9.45.